The molecule has 0 aliphatic carbocycles. The average molecular weight is 397 g/mol. The summed E-state index contributed by atoms with van der Waals surface area (Å²) in [6.45, 7) is 0.327. The van der Waals surface area contributed by atoms with Gasteiger partial charge in [0.15, 0.2) is 0 Å². The number of hydrazone groups is 1. The predicted molar refractivity (Wildman–Crippen MR) is 107 cm³/mol. The maximum absolute atomic E-state index is 12.0. The quantitative estimate of drug-likeness (QED) is 0.332. The molecule has 28 heavy (non-hydrogen) atoms. The molecule has 0 saturated heterocycles. The van der Waals surface area contributed by atoms with Crippen LogP contribution in [0.2, 0.25) is 5.02 Å². The first-order valence-electron chi connectivity index (χ1n) is 8.34. The topological polar surface area (TPSA) is 91.2 Å². The number of nitrogens with zero attached hydrogens (tertiary/aromatic N) is 1. The van der Waals surface area contributed by atoms with Crippen molar-refractivity contribution in [2.75, 3.05) is 0 Å². The summed E-state index contributed by atoms with van der Waals surface area (Å²) in [7, 11) is 0. The first kappa shape index (κ1) is 19.3. The molecule has 0 spiro atoms. The molecule has 7 heteroatoms. The van der Waals surface area contributed by atoms with Crippen LogP contribution in [-0.2, 0) is 6.61 Å². The first-order chi connectivity index (χ1) is 13.5. The van der Waals surface area contributed by atoms with E-state index in [1.54, 1.807) is 30.3 Å². The number of hydrogen-bond acceptors (Lipinski definition) is 5. The number of aromatic hydroxyl groups is 2. The van der Waals surface area contributed by atoms with Gasteiger partial charge in [-0.1, -0.05) is 41.9 Å². The van der Waals surface area contributed by atoms with E-state index in [0.29, 0.717) is 22.9 Å². The maximum atomic E-state index is 12.0. The molecule has 6 nitrogen and oxygen atoms in total. The lowest BCUT2D eigenvalue weighted by molar-refractivity contribution is 0.0952. The van der Waals surface area contributed by atoms with Crippen molar-refractivity contribution in [2.45, 2.75) is 6.61 Å². The van der Waals surface area contributed by atoms with Crippen molar-refractivity contribution in [2.24, 2.45) is 5.10 Å². The zero-order valence-corrected chi connectivity index (χ0v) is 15.4. The maximum Gasteiger partial charge on any atom is 0.275 e. The minimum atomic E-state index is -0.643. The van der Waals surface area contributed by atoms with Crippen molar-refractivity contribution in [3.63, 3.8) is 0 Å². The summed E-state index contributed by atoms with van der Waals surface area (Å²) in [5.41, 5.74) is 3.81. The van der Waals surface area contributed by atoms with Crippen LogP contribution in [0.3, 0.4) is 0 Å². The summed E-state index contributed by atoms with van der Waals surface area (Å²) in [5.74, 6) is -0.396. The lowest BCUT2D eigenvalue weighted by atomic mass is 10.2. The van der Waals surface area contributed by atoms with Crippen LogP contribution < -0.4 is 10.2 Å². The van der Waals surface area contributed by atoms with E-state index < -0.39 is 5.91 Å². The normalized spacial score (nSPS) is 10.8. The minimum absolute atomic E-state index is 0.0750. The molecule has 3 aromatic rings. The van der Waals surface area contributed by atoms with Gasteiger partial charge in [-0.25, -0.2) is 5.43 Å². The van der Waals surface area contributed by atoms with E-state index in [-0.39, 0.29) is 17.1 Å². The van der Waals surface area contributed by atoms with Crippen LogP contribution in [0.15, 0.2) is 71.8 Å². The smallest absolute Gasteiger partial charge is 0.275 e. The molecule has 0 aromatic heterocycles. The van der Waals surface area contributed by atoms with Gasteiger partial charge in [-0.05, 0) is 42.0 Å². The molecule has 3 N–H and O–H groups in total. The zero-order valence-electron chi connectivity index (χ0n) is 14.7. The van der Waals surface area contributed by atoms with Crippen molar-refractivity contribution in [3.05, 3.63) is 88.4 Å². The number of ether oxygens (including phenoxy) is 1. The monoisotopic (exact) mass is 396 g/mol. The number of phenols is 2. The molecule has 0 saturated carbocycles. The summed E-state index contributed by atoms with van der Waals surface area (Å²) in [6, 6.07) is 18.3. The molecule has 0 aliphatic rings. The number of hydrogen-bond donors (Lipinski definition) is 3. The molecule has 0 aliphatic heterocycles. The van der Waals surface area contributed by atoms with Crippen molar-refractivity contribution >= 4 is 23.7 Å². The van der Waals surface area contributed by atoms with E-state index in [2.05, 4.69) is 10.5 Å². The Bertz CT molecular complexity index is 1020. The Balaban J connectivity index is 1.61. The molecule has 0 bridgehead atoms. The van der Waals surface area contributed by atoms with Gasteiger partial charge in [-0.2, -0.15) is 5.10 Å². The Morgan fingerprint density at radius 1 is 1.07 bits per heavy atom. The highest BCUT2D eigenvalue weighted by Crippen LogP contribution is 2.22. The second kappa shape index (κ2) is 8.92. The van der Waals surface area contributed by atoms with Crippen molar-refractivity contribution in [1.29, 1.82) is 0 Å². The molecular formula is C21H17ClN2O4. The van der Waals surface area contributed by atoms with E-state index in [4.69, 9.17) is 16.3 Å². The number of carbonyl (C=O) groups excluding carboxylic acids is 1. The second-order valence-corrected chi connectivity index (χ2v) is 6.26. The van der Waals surface area contributed by atoms with Crippen LogP contribution in [0.25, 0.3) is 0 Å². The summed E-state index contributed by atoms with van der Waals surface area (Å²) >= 11 is 6.12. The van der Waals surface area contributed by atoms with Crippen LogP contribution in [0.1, 0.15) is 21.5 Å². The van der Waals surface area contributed by atoms with E-state index in [9.17, 15) is 15.0 Å². The fourth-order valence-electron chi connectivity index (χ4n) is 2.39. The number of benzene rings is 3. The fourth-order valence-corrected chi connectivity index (χ4v) is 2.58. The summed E-state index contributed by atoms with van der Waals surface area (Å²) < 4.78 is 5.74. The molecule has 0 atom stereocenters. The highest BCUT2D eigenvalue weighted by atomic mass is 35.5. The van der Waals surface area contributed by atoms with Gasteiger partial charge in [0.05, 0.1) is 11.8 Å². The van der Waals surface area contributed by atoms with Crippen LogP contribution in [0.5, 0.6) is 17.2 Å². The van der Waals surface area contributed by atoms with Crippen LogP contribution >= 0.6 is 11.6 Å². The van der Waals surface area contributed by atoms with Gasteiger partial charge in [0, 0.05) is 10.6 Å². The Kier molecular flexibility index (Phi) is 6.14. The summed E-state index contributed by atoms with van der Waals surface area (Å²) in [5, 5.41) is 23.6. The number of rotatable bonds is 6. The van der Waals surface area contributed by atoms with E-state index in [1.807, 2.05) is 18.2 Å². The lowest BCUT2D eigenvalue weighted by Crippen LogP contribution is -2.17. The van der Waals surface area contributed by atoms with Gasteiger partial charge in [0.2, 0.25) is 0 Å². The Labute approximate surface area is 166 Å². The zero-order chi connectivity index (χ0) is 19.9. The standard InChI is InChI=1S/C21H17ClN2O4/c22-19-7-2-1-5-15(19)13-28-17-6-3-4-14(10-17)12-23-24-21(27)18-11-16(25)8-9-20(18)26/h1-12,25-26H,13H2,(H,24,27)/b23-12+. The number of carbonyl (C=O) groups is 1. The second-order valence-electron chi connectivity index (χ2n) is 5.85. The van der Waals surface area contributed by atoms with E-state index in [0.717, 1.165) is 11.6 Å². The molecule has 0 fully saturated rings. The highest BCUT2D eigenvalue weighted by Gasteiger charge is 2.11. The van der Waals surface area contributed by atoms with E-state index >= 15 is 0 Å². The van der Waals surface area contributed by atoms with Gasteiger partial charge in [-0.3, -0.25) is 4.79 Å². The van der Waals surface area contributed by atoms with Gasteiger partial charge in [0.1, 0.15) is 23.9 Å². The Morgan fingerprint density at radius 2 is 1.89 bits per heavy atom. The first-order valence-corrected chi connectivity index (χ1v) is 8.72. The number of phenolic OH excluding ortho intramolecular Hbond substituents is 2. The van der Waals surface area contributed by atoms with Crippen molar-refractivity contribution in [3.8, 4) is 17.2 Å². The molecule has 0 radical (unpaired) electrons. The van der Waals surface area contributed by atoms with Gasteiger partial charge in [-0.15, -0.1) is 0 Å². The molecule has 3 aromatic carbocycles. The third-order valence-electron chi connectivity index (χ3n) is 3.81. The molecule has 0 unspecified atom stereocenters. The van der Waals surface area contributed by atoms with Crippen molar-refractivity contribution < 1.29 is 19.7 Å². The largest absolute Gasteiger partial charge is 0.508 e. The SMILES string of the molecule is O=C(N/N=C/c1cccc(OCc2ccccc2Cl)c1)c1cc(O)ccc1O. The van der Waals surface area contributed by atoms with Gasteiger partial charge < -0.3 is 14.9 Å². The highest BCUT2D eigenvalue weighted by molar-refractivity contribution is 6.31. The Hall–Kier alpha value is -3.51. The molecule has 142 valence electrons. The molecule has 1 amide bonds. The molecule has 0 heterocycles. The van der Waals surface area contributed by atoms with Crippen LogP contribution in [-0.4, -0.2) is 22.3 Å². The molecule has 3 rings (SSSR count). The summed E-state index contributed by atoms with van der Waals surface area (Å²) in [4.78, 5) is 12.0. The van der Waals surface area contributed by atoms with Crippen LogP contribution in [0, 0.1) is 0 Å². The van der Waals surface area contributed by atoms with E-state index in [1.165, 1.54) is 18.3 Å². The summed E-state index contributed by atoms with van der Waals surface area (Å²) in [6.07, 6.45) is 1.44. The van der Waals surface area contributed by atoms with Gasteiger partial charge >= 0.3 is 0 Å². The van der Waals surface area contributed by atoms with Crippen LogP contribution in [0.4, 0.5) is 0 Å². The fraction of sp³-hybridized carbons (Fsp3) is 0.0476. The van der Waals surface area contributed by atoms with Crippen molar-refractivity contribution in [1.82, 2.24) is 5.43 Å². The Morgan fingerprint density at radius 3 is 2.71 bits per heavy atom. The average Bonchev–Trinajstić information content (AvgIpc) is 2.69. The number of halogens is 1. The number of nitrogens with one attached hydrogen (secondary N) is 1. The third kappa shape index (κ3) is 5.02. The number of amides is 1. The third-order valence-corrected chi connectivity index (χ3v) is 4.18. The predicted octanol–water partition coefficient (Wildman–Crippen LogP) is 4.09. The lowest BCUT2D eigenvalue weighted by Gasteiger charge is -2.08. The van der Waals surface area contributed by atoms with Gasteiger partial charge in [0.25, 0.3) is 5.91 Å². The minimum Gasteiger partial charge on any atom is -0.508 e. The molecular weight excluding hydrogens is 380 g/mol.